The lowest BCUT2D eigenvalue weighted by Gasteiger charge is -2.62. The number of carbonyl (C=O) groups excluding carboxylic acids is 1. The van der Waals surface area contributed by atoms with Gasteiger partial charge in [0.05, 0.1) is 13.2 Å². The first kappa shape index (κ1) is 20.7. The summed E-state index contributed by atoms with van der Waals surface area (Å²) in [4.78, 5) is 11.6. The Morgan fingerprint density at radius 3 is 2.57 bits per heavy atom. The number of fused-ring (bicyclic) bond motifs is 5. The van der Waals surface area contributed by atoms with Gasteiger partial charge in [0.1, 0.15) is 0 Å². The van der Waals surface area contributed by atoms with Gasteiger partial charge in [0, 0.05) is 6.42 Å². The molecular formula is C25H42O3. The monoisotopic (exact) mass is 390 g/mol. The van der Waals surface area contributed by atoms with Crippen LogP contribution < -0.4 is 0 Å². The lowest BCUT2D eigenvalue weighted by molar-refractivity contribution is -0.164. The van der Waals surface area contributed by atoms with Gasteiger partial charge in [-0.1, -0.05) is 33.6 Å². The average Bonchev–Trinajstić information content (AvgIpc) is 3.03. The van der Waals surface area contributed by atoms with Crippen molar-refractivity contribution >= 4 is 5.97 Å². The fourth-order valence-corrected chi connectivity index (χ4v) is 8.88. The first-order chi connectivity index (χ1) is 13.3. The molecule has 4 aliphatic rings. The molecule has 4 rings (SSSR count). The van der Waals surface area contributed by atoms with Crippen molar-refractivity contribution in [2.45, 2.75) is 97.5 Å². The Kier molecular flexibility index (Phi) is 5.61. The van der Waals surface area contributed by atoms with Gasteiger partial charge in [-0.25, -0.2) is 0 Å². The average molecular weight is 391 g/mol. The molecule has 0 aromatic rings. The van der Waals surface area contributed by atoms with E-state index >= 15 is 0 Å². The maximum atomic E-state index is 11.6. The van der Waals surface area contributed by atoms with Crippen molar-refractivity contribution in [3.8, 4) is 0 Å². The summed E-state index contributed by atoms with van der Waals surface area (Å²) in [6, 6.07) is 0. The van der Waals surface area contributed by atoms with Gasteiger partial charge in [-0.2, -0.15) is 0 Å². The molecule has 0 aromatic heterocycles. The molecule has 0 spiro atoms. The summed E-state index contributed by atoms with van der Waals surface area (Å²) >= 11 is 0. The van der Waals surface area contributed by atoms with Crippen LogP contribution in [0.15, 0.2) is 0 Å². The molecule has 0 amide bonds. The number of ether oxygens (including phenoxy) is 1. The summed E-state index contributed by atoms with van der Waals surface area (Å²) < 4.78 is 4.87. The molecule has 0 heterocycles. The topological polar surface area (TPSA) is 46.5 Å². The van der Waals surface area contributed by atoms with E-state index in [1.807, 2.05) is 0 Å². The van der Waals surface area contributed by atoms with Gasteiger partial charge < -0.3 is 9.84 Å². The van der Waals surface area contributed by atoms with Crippen LogP contribution in [0.4, 0.5) is 0 Å². The summed E-state index contributed by atoms with van der Waals surface area (Å²) in [5.74, 6) is 3.83. The molecule has 3 nitrogen and oxygen atoms in total. The van der Waals surface area contributed by atoms with E-state index in [0.29, 0.717) is 40.9 Å². The molecule has 9 atom stereocenters. The Bertz CT molecular complexity index is 588. The van der Waals surface area contributed by atoms with Crippen LogP contribution in [0.25, 0.3) is 0 Å². The molecule has 160 valence electrons. The first-order valence-corrected chi connectivity index (χ1v) is 12.1. The molecule has 1 N–H and O–H groups in total. The molecular weight excluding hydrogens is 348 g/mol. The third-order valence-electron chi connectivity index (χ3n) is 10.4. The minimum atomic E-state index is -0.0880. The second kappa shape index (κ2) is 7.60. The molecule has 0 aromatic carbocycles. The predicted molar refractivity (Wildman–Crippen MR) is 112 cm³/mol. The fraction of sp³-hybridized carbons (Fsp3) is 0.960. The van der Waals surface area contributed by atoms with Crippen molar-refractivity contribution in [3.05, 3.63) is 0 Å². The van der Waals surface area contributed by atoms with E-state index in [1.165, 1.54) is 58.5 Å². The Balaban J connectivity index is 1.53. The zero-order valence-electron chi connectivity index (χ0n) is 18.6. The number of rotatable bonds is 4. The van der Waals surface area contributed by atoms with E-state index in [-0.39, 0.29) is 12.1 Å². The summed E-state index contributed by atoms with van der Waals surface area (Å²) in [5.41, 5.74) is 0.813. The maximum Gasteiger partial charge on any atom is 0.305 e. The van der Waals surface area contributed by atoms with Gasteiger partial charge in [-0.15, -0.1) is 0 Å². The summed E-state index contributed by atoms with van der Waals surface area (Å²) in [5, 5.41) is 11.3. The smallest absolute Gasteiger partial charge is 0.305 e. The highest BCUT2D eigenvalue weighted by atomic mass is 16.5. The number of methoxy groups -OCH3 is 1. The minimum Gasteiger partial charge on any atom is -0.469 e. The summed E-state index contributed by atoms with van der Waals surface area (Å²) in [6.07, 6.45) is 13.1. The standard InChI is InChI=1S/C25H42O3/c1-16(8-11-22(27)28-4)18-9-10-19-23-20(12-14-25(18,19)3)24(2)13-6-5-7-17(24)15-21(23)26/h16-21,23,26H,5-15H2,1-4H3/t16-,17?,18?,19?,20?,21-,23?,24+,25-/m1/s1. The third kappa shape index (κ3) is 3.15. The maximum absolute atomic E-state index is 11.6. The second-order valence-electron chi connectivity index (χ2n) is 11.4. The SMILES string of the molecule is COC(=O)CC[C@@H](C)C1CCC2C3C(CC[C@@]21C)[C@@]1(C)CCCCC1C[C@H]3O. The molecule has 0 saturated heterocycles. The van der Waals surface area contributed by atoms with Crippen molar-refractivity contribution in [3.63, 3.8) is 0 Å². The van der Waals surface area contributed by atoms with Crippen LogP contribution in [-0.4, -0.2) is 24.3 Å². The normalized spacial score (nSPS) is 48.9. The van der Waals surface area contributed by atoms with Crippen molar-refractivity contribution < 1.29 is 14.6 Å². The quantitative estimate of drug-likeness (QED) is 0.636. The van der Waals surface area contributed by atoms with Crippen LogP contribution in [-0.2, 0) is 9.53 Å². The van der Waals surface area contributed by atoms with Crippen molar-refractivity contribution in [2.75, 3.05) is 7.11 Å². The van der Waals surface area contributed by atoms with Crippen LogP contribution >= 0.6 is 0 Å². The highest BCUT2D eigenvalue weighted by Gasteiger charge is 2.62. The van der Waals surface area contributed by atoms with E-state index < -0.39 is 0 Å². The molecule has 0 aliphatic heterocycles. The highest BCUT2D eigenvalue weighted by Crippen LogP contribution is 2.68. The van der Waals surface area contributed by atoms with Gasteiger partial charge in [-0.3, -0.25) is 4.79 Å². The van der Waals surface area contributed by atoms with Crippen LogP contribution in [0.5, 0.6) is 0 Å². The van der Waals surface area contributed by atoms with E-state index in [1.54, 1.807) is 0 Å². The molecule has 3 heteroatoms. The third-order valence-corrected chi connectivity index (χ3v) is 10.4. The van der Waals surface area contributed by atoms with Crippen molar-refractivity contribution in [1.82, 2.24) is 0 Å². The van der Waals surface area contributed by atoms with Crippen molar-refractivity contribution in [1.29, 1.82) is 0 Å². The Morgan fingerprint density at radius 1 is 1.07 bits per heavy atom. The molecule has 4 saturated carbocycles. The van der Waals surface area contributed by atoms with E-state index in [0.717, 1.165) is 24.7 Å². The second-order valence-corrected chi connectivity index (χ2v) is 11.4. The minimum absolute atomic E-state index is 0.0748. The Morgan fingerprint density at radius 2 is 1.82 bits per heavy atom. The largest absolute Gasteiger partial charge is 0.469 e. The van der Waals surface area contributed by atoms with Crippen LogP contribution in [0.2, 0.25) is 0 Å². The van der Waals surface area contributed by atoms with Crippen LogP contribution in [0, 0.1) is 46.3 Å². The summed E-state index contributed by atoms with van der Waals surface area (Å²) in [6.45, 7) is 7.46. The van der Waals surface area contributed by atoms with Crippen molar-refractivity contribution in [2.24, 2.45) is 46.3 Å². The van der Waals surface area contributed by atoms with E-state index in [4.69, 9.17) is 4.74 Å². The number of esters is 1. The van der Waals surface area contributed by atoms with Gasteiger partial charge in [-0.05, 0) is 97.7 Å². The van der Waals surface area contributed by atoms with Gasteiger partial charge in [0.2, 0.25) is 0 Å². The number of aliphatic hydroxyl groups excluding tert-OH is 1. The molecule has 4 fully saturated rings. The van der Waals surface area contributed by atoms with Crippen LogP contribution in [0.1, 0.15) is 91.4 Å². The molecule has 28 heavy (non-hydrogen) atoms. The lowest BCUT2D eigenvalue weighted by atomic mass is 9.44. The fourth-order valence-electron chi connectivity index (χ4n) is 8.88. The molecule has 0 radical (unpaired) electrons. The van der Waals surface area contributed by atoms with Gasteiger partial charge in [0.15, 0.2) is 0 Å². The Labute approximate surface area is 172 Å². The zero-order valence-corrected chi connectivity index (χ0v) is 18.6. The molecule has 0 bridgehead atoms. The van der Waals surface area contributed by atoms with Gasteiger partial charge in [0.25, 0.3) is 0 Å². The van der Waals surface area contributed by atoms with E-state index in [2.05, 4.69) is 20.8 Å². The Hall–Kier alpha value is -0.570. The molecule has 5 unspecified atom stereocenters. The molecule has 4 aliphatic carbocycles. The summed E-state index contributed by atoms with van der Waals surface area (Å²) in [7, 11) is 1.49. The number of aliphatic hydroxyl groups is 1. The first-order valence-electron chi connectivity index (χ1n) is 12.1. The van der Waals surface area contributed by atoms with E-state index in [9.17, 15) is 9.90 Å². The predicted octanol–water partition coefficient (Wildman–Crippen LogP) is 5.60. The van der Waals surface area contributed by atoms with Crippen LogP contribution in [0.3, 0.4) is 0 Å². The number of hydrogen-bond acceptors (Lipinski definition) is 3. The van der Waals surface area contributed by atoms with Gasteiger partial charge >= 0.3 is 5.97 Å². The highest BCUT2D eigenvalue weighted by molar-refractivity contribution is 5.69. The zero-order chi connectivity index (χ0) is 20.1. The number of hydrogen-bond donors (Lipinski definition) is 1. The lowest BCUT2D eigenvalue weighted by Crippen LogP contribution is -2.57. The number of carbonyl (C=O) groups is 1.